The third kappa shape index (κ3) is 3.36. The van der Waals surface area contributed by atoms with Crippen LogP contribution in [0.25, 0.3) is 0 Å². The number of carbonyl (C=O) groups is 1. The molecule has 0 atom stereocenters. The summed E-state index contributed by atoms with van der Waals surface area (Å²) in [4.78, 5) is 13.6. The summed E-state index contributed by atoms with van der Waals surface area (Å²) in [5, 5.41) is 9.48. The first kappa shape index (κ1) is 13.8. The van der Waals surface area contributed by atoms with E-state index in [1.54, 1.807) is 12.1 Å². The molecule has 0 heterocycles. The second-order valence-electron chi connectivity index (χ2n) is 3.81. The lowest BCUT2D eigenvalue weighted by molar-refractivity contribution is 0.0731. The number of rotatable bonds is 3. The summed E-state index contributed by atoms with van der Waals surface area (Å²) in [7, 11) is 0. The predicted octanol–water partition coefficient (Wildman–Crippen LogP) is 3.37. The Morgan fingerprint density at radius 2 is 2.12 bits per heavy atom. The van der Waals surface area contributed by atoms with Crippen molar-refractivity contribution in [2.45, 2.75) is 19.9 Å². The van der Waals surface area contributed by atoms with Crippen LogP contribution in [0.5, 0.6) is 0 Å². The van der Waals surface area contributed by atoms with Crippen molar-refractivity contribution in [3.8, 4) is 6.07 Å². The Bertz CT molecular complexity index is 466. The molecule has 1 aromatic carbocycles. The molecule has 0 saturated heterocycles. The molecule has 5 heteroatoms. The van der Waals surface area contributed by atoms with E-state index in [4.69, 9.17) is 28.5 Å². The number of nitrogens with zero attached hydrogens (tertiary/aromatic N) is 2. The van der Waals surface area contributed by atoms with Crippen LogP contribution in [-0.2, 0) is 0 Å². The molecule has 0 radical (unpaired) electrons. The molecule has 0 aromatic heterocycles. The number of nitriles is 1. The molecule has 17 heavy (non-hydrogen) atoms. The zero-order valence-corrected chi connectivity index (χ0v) is 11.1. The molecule has 0 aliphatic heterocycles. The Labute approximate surface area is 111 Å². The van der Waals surface area contributed by atoms with Crippen LogP contribution in [0.3, 0.4) is 0 Å². The third-order valence-electron chi connectivity index (χ3n) is 2.28. The Kier molecular flexibility index (Phi) is 4.80. The van der Waals surface area contributed by atoms with Gasteiger partial charge in [-0.3, -0.25) is 4.79 Å². The quantitative estimate of drug-likeness (QED) is 0.791. The minimum Gasteiger partial charge on any atom is -0.323 e. The molecule has 0 bridgehead atoms. The van der Waals surface area contributed by atoms with Gasteiger partial charge in [-0.25, -0.2) is 0 Å². The van der Waals surface area contributed by atoms with Crippen LogP contribution in [0.1, 0.15) is 24.2 Å². The van der Waals surface area contributed by atoms with Crippen LogP contribution in [-0.4, -0.2) is 23.4 Å². The number of amides is 1. The van der Waals surface area contributed by atoms with Gasteiger partial charge in [0.05, 0.1) is 16.7 Å². The first-order chi connectivity index (χ1) is 7.97. The standard InChI is InChI=1S/C12H12Cl2N2O/c1-8(2)16(6-5-15)12(17)10-7-9(13)3-4-11(10)14/h3-4,7-8H,6H2,1-2H3. The maximum Gasteiger partial charge on any atom is 0.256 e. The second-order valence-corrected chi connectivity index (χ2v) is 4.65. The van der Waals surface area contributed by atoms with Crippen LogP contribution in [0.4, 0.5) is 0 Å². The minimum atomic E-state index is -0.283. The summed E-state index contributed by atoms with van der Waals surface area (Å²) < 4.78 is 0. The van der Waals surface area contributed by atoms with Gasteiger partial charge in [0.25, 0.3) is 5.91 Å². The second kappa shape index (κ2) is 5.90. The molecule has 90 valence electrons. The van der Waals surface area contributed by atoms with Gasteiger partial charge in [0.2, 0.25) is 0 Å². The van der Waals surface area contributed by atoms with E-state index in [9.17, 15) is 4.79 Å². The van der Waals surface area contributed by atoms with Gasteiger partial charge in [-0.1, -0.05) is 23.2 Å². The Hall–Kier alpha value is -1.24. The van der Waals surface area contributed by atoms with Crippen molar-refractivity contribution in [3.63, 3.8) is 0 Å². The fourth-order valence-electron chi connectivity index (χ4n) is 1.38. The number of hydrogen-bond acceptors (Lipinski definition) is 2. The SMILES string of the molecule is CC(C)N(CC#N)C(=O)c1cc(Cl)ccc1Cl. The highest BCUT2D eigenvalue weighted by Gasteiger charge is 2.20. The molecular formula is C12H12Cl2N2O. The molecule has 3 nitrogen and oxygen atoms in total. The van der Waals surface area contributed by atoms with Crippen molar-refractivity contribution in [2.75, 3.05) is 6.54 Å². The average Bonchev–Trinajstić information content (AvgIpc) is 2.28. The van der Waals surface area contributed by atoms with Crippen molar-refractivity contribution < 1.29 is 4.79 Å². The normalized spacial score (nSPS) is 10.1. The highest BCUT2D eigenvalue weighted by atomic mass is 35.5. The minimum absolute atomic E-state index is 0.0271. The third-order valence-corrected chi connectivity index (χ3v) is 2.85. The molecule has 0 spiro atoms. The van der Waals surface area contributed by atoms with Crippen molar-refractivity contribution in [2.24, 2.45) is 0 Å². The zero-order chi connectivity index (χ0) is 13.0. The molecule has 0 fully saturated rings. The molecular weight excluding hydrogens is 259 g/mol. The summed E-state index contributed by atoms with van der Waals surface area (Å²) in [5.74, 6) is -0.283. The van der Waals surface area contributed by atoms with Gasteiger partial charge < -0.3 is 4.90 Å². The zero-order valence-electron chi connectivity index (χ0n) is 9.58. The first-order valence-corrected chi connectivity index (χ1v) is 5.86. The summed E-state index contributed by atoms with van der Waals surface area (Å²) in [5.41, 5.74) is 0.322. The lowest BCUT2D eigenvalue weighted by atomic mass is 10.1. The van der Waals surface area contributed by atoms with Gasteiger partial charge >= 0.3 is 0 Å². The van der Waals surface area contributed by atoms with Crippen molar-refractivity contribution in [1.82, 2.24) is 4.90 Å². The Morgan fingerprint density at radius 3 is 2.65 bits per heavy atom. The lowest BCUT2D eigenvalue weighted by Crippen LogP contribution is -2.37. The Morgan fingerprint density at radius 1 is 1.47 bits per heavy atom. The van der Waals surface area contributed by atoms with Crippen molar-refractivity contribution in [1.29, 1.82) is 5.26 Å². The summed E-state index contributed by atoms with van der Waals surface area (Å²) >= 11 is 11.8. The highest BCUT2D eigenvalue weighted by Crippen LogP contribution is 2.22. The van der Waals surface area contributed by atoms with E-state index < -0.39 is 0 Å². The monoisotopic (exact) mass is 270 g/mol. The fourth-order valence-corrected chi connectivity index (χ4v) is 1.75. The molecule has 0 aliphatic rings. The lowest BCUT2D eigenvalue weighted by Gasteiger charge is -2.24. The van der Waals surface area contributed by atoms with E-state index in [-0.39, 0.29) is 18.5 Å². The maximum atomic E-state index is 12.2. The van der Waals surface area contributed by atoms with Crippen LogP contribution in [0, 0.1) is 11.3 Å². The van der Waals surface area contributed by atoms with Crippen LogP contribution in [0.2, 0.25) is 10.0 Å². The van der Waals surface area contributed by atoms with Gasteiger partial charge in [-0.2, -0.15) is 5.26 Å². The average molecular weight is 271 g/mol. The smallest absolute Gasteiger partial charge is 0.256 e. The van der Waals surface area contributed by atoms with Gasteiger partial charge in [0, 0.05) is 11.1 Å². The molecule has 1 rings (SSSR count). The molecule has 0 saturated carbocycles. The molecule has 0 aliphatic carbocycles. The summed E-state index contributed by atoms with van der Waals surface area (Å²) in [6.07, 6.45) is 0. The van der Waals surface area contributed by atoms with Gasteiger partial charge in [0.1, 0.15) is 6.54 Å². The maximum absolute atomic E-state index is 12.2. The summed E-state index contributed by atoms with van der Waals surface area (Å²) in [6.45, 7) is 3.71. The van der Waals surface area contributed by atoms with E-state index >= 15 is 0 Å². The number of halogens is 2. The summed E-state index contributed by atoms with van der Waals surface area (Å²) in [6, 6.07) is 6.59. The number of carbonyl (C=O) groups excluding carboxylic acids is 1. The number of hydrogen-bond donors (Lipinski definition) is 0. The predicted molar refractivity (Wildman–Crippen MR) is 68.2 cm³/mol. The van der Waals surface area contributed by atoms with E-state index in [1.807, 2.05) is 19.9 Å². The highest BCUT2D eigenvalue weighted by molar-refractivity contribution is 6.35. The van der Waals surface area contributed by atoms with Gasteiger partial charge in [-0.15, -0.1) is 0 Å². The largest absolute Gasteiger partial charge is 0.323 e. The van der Waals surface area contributed by atoms with Gasteiger partial charge in [-0.05, 0) is 32.0 Å². The molecule has 1 amide bonds. The van der Waals surface area contributed by atoms with E-state index in [0.29, 0.717) is 15.6 Å². The van der Waals surface area contributed by atoms with Crippen LogP contribution < -0.4 is 0 Å². The van der Waals surface area contributed by atoms with E-state index in [2.05, 4.69) is 0 Å². The van der Waals surface area contributed by atoms with Crippen molar-refractivity contribution in [3.05, 3.63) is 33.8 Å². The number of benzene rings is 1. The topological polar surface area (TPSA) is 44.1 Å². The van der Waals surface area contributed by atoms with Crippen LogP contribution >= 0.6 is 23.2 Å². The van der Waals surface area contributed by atoms with Crippen LogP contribution in [0.15, 0.2) is 18.2 Å². The van der Waals surface area contributed by atoms with Gasteiger partial charge in [0.15, 0.2) is 0 Å². The molecule has 0 N–H and O–H groups in total. The van der Waals surface area contributed by atoms with E-state index in [0.717, 1.165) is 0 Å². The molecule has 1 aromatic rings. The van der Waals surface area contributed by atoms with E-state index in [1.165, 1.54) is 11.0 Å². The van der Waals surface area contributed by atoms with Crippen molar-refractivity contribution >= 4 is 29.1 Å². The molecule has 0 unspecified atom stereocenters. The fraction of sp³-hybridized carbons (Fsp3) is 0.333. The first-order valence-electron chi connectivity index (χ1n) is 5.10. The Balaban J connectivity index is 3.10.